The molecule has 3 N–H and O–H groups in total. The van der Waals surface area contributed by atoms with Crippen molar-refractivity contribution in [2.45, 2.75) is 24.8 Å². The number of rotatable bonds is 7. The van der Waals surface area contributed by atoms with Crippen molar-refractivity contribution in [3.63, 3.8) is 0 Å². The van der Waals surface area contributed by atoms with Crippen LogP contribution in [0.3, 0.4) is 0 Å². The smallest absolute Gasteiger partial charge is 0.238 e. The molecule has 0 spiro atoms. The summed E-state index contributed by atoms with van der Waals surface area (Å²) in [6.45, 7) is 1.65. The van der Waals surface area contributed by atoms with E-state index in [4.69, 9.17) is 9.88 Å². The summed E-state index contributed by atoms with van der Waals surface area (Å²) in [5, 5.41) is 7.85. The summed E-state index contributed by atoms with van der Waals surface area (Å²) < 4.78 is 43.2. The van der Waals surface area contributed by atoms with E-state index < -0.39 is 15.8 Å². The Morgan fingerprint density at radius 1 is 1.20 bits per heavy atom. The third-order valence-electron chi connectivity index (χ3n) is 4.18. The molecule has 0 fully saturated rings. The first-order valence-electron chi connectivity index (χ1n) is 8.95. The van der Waals surface area contributed by atoms with Crippen LogP contribution in [0, 0.1) is 12.7 Å². The molecule has 0 aliphatic heterocycles. The van der Waals surface area contributed by atoms with E-state index in [0.29, 0.717) is 11.1 Å². The maximum atomic E-state index is 14.0. The molecular formula is C21H20FN3O4S. The molecule has 9 heteroatoms. The number of ether oxygens (including phenoxy) is 1. The second-order valence-corrected chi connectivity index (χ2v) is 8.27. The first-order chi connectivity index (χ1) is 14.2. The van der Waals surface area contributed by atoms with Crippen molar-refractivity contribution in [2.24, 2.45) is 5.14 Å². The molecule has 0 atom stereocenters. The molecule has 7 nitrogen and oxygen atoms in total. The van der Waals surface area contributed by atoms with Crippen molar-refractivity contribution >= 4 is 21.6 Å². The van der Waals surface area contributed by atoms with Crippen LogP contribution in [0.25, 0.3) is 0 Å². The zero-order valence-electron chi connectivity index (χ0n) is 16.1. The number of carbonyl (C=O) groups excluding carboxylic acids is 1. The van der Waals surface area contributed by atoms with Crippen LogP contribution >= 0.6 is 0 Å². The van der Waals surface area contributed by atoms with Gasteiger partial charge in [-0.05, 0) is 36.2 Å². The van der Waals surface area contributed by atoms with Crippen molar-refractivity contribution < 1.29 is 22.3 Å². The van der Waals surface area contributed by atoms with Crippen molar-refractivity contribution in [1.82, 2.24) is 4.98 Å². The molecule has 2 aromatic carbocycles. The minimum absolute atomic E-state index is 0.0538. The van der Waals surface area contributed by atoms with E-state index in [2.05, 4.69) is 10.3 Å². The highest BCUT2D eigenvalue weighted by Crippen LogP contribution is 2.25. The lowest BCUT2D eigenvalue weighted by Gasteiger charge is -2.12. The number of anilines is 1. The molecule has 0 aliphatic rings. The molecule has 30 heavy (non-hydrogen) atoms. The summed E-state index contributed by atoms with van der Waals surface area (Å²) >= 11 is 0. The van der Waals surface area contributed by atoms with Gasteiger partial charge in [0.2, 0.25) is 15.9 Å². The lowest BCUT2D eigenvalue weighted by Crippen LogP contribution is -2.16. The van der Waals surface area contributed by atoms with Crippen LogP contribution < -0.4 is 15.2 Å². The molecule has 0 saturated carbocycles. The topological polar surface area (TPSA) is 111 Å². The number of aromatic nitrogens is 1. The SMILES string of the molecule is Cc1ccc(COc2cc(NC(=O)Cc3cccnc3)cc(S(N)(=O)=O)c2)c(F)c1. The average molecular weight is 429 g/mol. The normalized spacial score (nSPS) is 11.2. The van der Waals surface area contributed by atoms with Crippen molar-refractivity contribution in [1.29, 1.82) is 0 Å². The Balaban J connectivity index is 1.80. The Hall–Kier alpha value is -3.30. The average Bonchev–Trinajstić information content (AvgIpc) is 2.67. The maximum absolute atomic E-state index is 14.0. The Labute approximate surface area is 173 Å². The van der Waals surface area contributed by atoms with E-state index in [0.717, 1.165) is 5.56 Å². The molecule has 1 heterocycles. The largest absolute Gasteiger partial charge is 0.489 e. The van der Waals surface area contributed by atoms with E-state index in [9.17, 15) is 17.6 Å². The first kappa shape index (κ1) is 21.4. The van der Waals surface area contributed by atoms with Gasteiger partial charge in [0.1, 0.15) is 18.2 Å². The zero-order chi connectivity index (χ0) is 21.7. The van der Waals surface area contributed by atoms with E-state index in [1.165, 1.54) is 24.3 Å². The number of benzene rings is 2. The van der Waals surface area contributed by atoms with Crippen LogP contribution in [0.15, 0.2) is 65.8 Å². The number of amides is 1. The van der Waals surface area contributed by atoms with Crippen molar-refractivity contribution in [3.8, 4) is 5.75 Å². The molecule has 1 aromatic heterocycles. The predicted molar refractivity (Wildman–Crippen MR) is 110 cm³/mol. The van der Waals surface area contributed by atoms with Gasteiger partial charge in [0.05, 0.1) is 11.3 Å². The summed E-state index contributed by atoms with van der Waals surface area (Å²) in [5.41, 5.74) is 1.97. The predicted octanol–water partition coefficient (Wildman–Crippen LogP) is 2.94. The Kier molecular flexibility index (Phi) is 6.43. The number of primary sulfonamides is 1. The molecule has 0 bridgehead atoms. The molecule has 3 aromatic rings. The fraction of sp³-hybridized carbons (Fsp3) is 0.143. The fourth-order valence-electron chi connectivity index (χ4n) is 2.72. The van der Waals surface area contributed by atoms with Crippen molar-refractivity contribution in [2.75, 3.05) is 5.32 Å². The van der Waals surface area contributed by atoms with Crippen molar-refractivity contribution in [3.05, 3.63) is 83.4 Å². The monoisotopic (exact) mass is 429 g/mol. The number of hydrogen-bond acceptors (Lipinski definition) is 5. The van der Waals surface area contributed by atoms with E-state index >= 15 is 0 Å². The van der Waals surface area contributed by atoms with Gasteiger partial charge in [-0.15, -0.1) is 0 Å². The zero-order valence-corrected chi connectivity index (χ0v) is 16.9. The highest BCUT2D eigenvalue weighted by molar-refractivity contribution is 7.89. The number of nitrogens with one attached hydrogen (secondary N) is 1. The molecule has 0 saturated heterocycles. The summed E-state index contributed by atoms with van der Waals surface area (Å²) in [7, 11) is -4.05. The lowest BCUT2D eigenvalue weighted by molar-refractivity contribution is -0.115. The second-order valence-electron chi connectivity index (χ2n) is 6.71. The van der Waals surface area contributed by atoms with Gasteiger partial charge in [0.15, 0.2) is 0 Å². The summed E-state index contributed by atoms with van der Waals surface area (Å²) in [4.78, 5) is 16.0. The number of nitrogens with two attached hydrogens (primary N) is 1. The standard InChI is InChI=1S/C21H20FN3O4S/c1-14-4-5-16(20(22)7-14)13-29-18-9-17(10-19(11-18)30(23,27)28)25-21(26)8-15-3-2-6-24-12-15/h2-7,9-12H,8,13H2,1H3,(H,25,26)(H2,23,27,28). The first-order valence-corrected chi connectivity index (χ1v) is 10.5. The third kappa shape index (κ3) is 5.85. The van der Waals surface area contributed by atoms with E-state index in [1.807, 2.05) is 0 Å². The Bertz CT molecular complexity index is 1170. The van der Waals surface area contributed by atoms with E-state index in [-0.39, 0.29) is 35.3 Å². The minimum atomic E-state index is -4.05. The Morgan fingerprint density at radius 2 is 2.00 bits per heavy atom. The second kappa shape index (κ2) is 9.02. The van der Waals surface area contributed by atoms with Crippen LogP contribution in [0.5, 0.6) is 5.75 Å². The van der Waals surface area contributed by atoms with Gasteiger partial charge in [-0.1, -0.05) is 18.2 Å². The number of halogens is 1. The number of sulfonamides is 1. The molecule has 156 valence electrons. The maximum Gasteiger partial charge on any atom is 0.238 e. The molecule has 3 rings (SSSR count). The number of nitrogens with zero attached hydrogens (tertiary/aromatic N) is 1. The van der Waals surface area contributed by atoms with Crippen LogP contribution in [0.4, 0.5) is 10.1 Å². The third-order valence-corrected chi connectivity index (χ3v) is 5.08. The van der Waals surface area contributed by atoms with Gasteiger partial charge < -0.3 is 10.1 Å². The van der Waals surface area contributed by atoms with Crippen LogP contribution in [-0.4, -0.2) is 19.3 Å². The molecule has 0 unspecified atom stereocenters. The highest BCUT2D eigenvalue weighted by Gasteiger charge is 2.14. The summed E-state index contributed by atoms with van der Waals surface area (Å²) in [5.74, 6) is -0.675. The van der Waals surface area contributed by atoms with Crippen LogP contribution in [0.1, 0.15) is 16.7 Å². The lowest BCUT2D eigenvalue weighted by atomic mass is 10.1. The minimum Gasteiger partial charge on any atom is -0.489 e. The number of pyridine rings is 1. The van der Waals surface area contributed by atoms with Gasteiger partial charge in [-0.3, -0.25) is 9.78 Å². The Morgan fingerprint density at radius 3 is 2.67 bits per heavy atom. The molecule has 0 radical (unpaired) electrons. The quantitative estimate of drug-likeness (QED) is 0.600. The van der Waals surface area contributed by atoms with Gasteiger partial charge in [-0.25, -0.2) is 17.9 Å². The number of carbonyl (C=O) groups is 1. The summed E-state index contributed by atoms with van der Waals surface area (Å²) in [6, 6.07) is 12.1. The summed E-state index contributed by atoms with van der Waals surface area (Å²) in [6.07, 6.45) is 3.21. The molecule has 0 aliphatic carbocycles. The highest BCUT2D eigenvalue weighted by atomic mass is 32.2. The van der Waals surface area contributed by atoms with Gasteiger partial charge >= 0.3 is 0 Å². The van der Waals surface area contributed by atoms with Gasteiger partial charge in [0, 0.05) is 35.8 Å². The molecular weight excluding hydrogens is 409 g/mol. The molecule has 1 amide bonds. The van der Waals surface area contributed by atoms with E-state index in [1.54, 1.807) is 43.6 Å². The van der Waals surface area contributed by atoms with Crippen LogP contribution in [-0.2, 0) is 27.8 Å². The number of hydrogen-bond donors (Lipinski definition) is 2. The fourth-order valence-corrected chi connectivity index (χ4v) is 3.29. The number of aryl methyl sites for hydroxylation is 1. The van der Waals surface area contributed by atoms with Crippen LogP contribution in [0.2, 0.25) is 0 Å². The van der Waals surface area contributed by atoms with Gasteiger partial charge in [0.25, 0.3) is 0 Å². The van der Waals surface area contributed by atoms with Gasteiger partial charge in [-0.2, -0.15) is 0 Å².